The molecule has 2 aromatic rings. The fourth-order valence-corrected chi connectivity index (χ4v) is 3.20. The van der Waals surface area contributed by atoms with Gasteiger partial charge in [0.1, 0.15) is 10.7 Å². The Hall–Kier alpha value is -2.30. The average molecular weight is 356 g/mol. The van der Waals surface area contributed by atoms with E-state index < -0.39 is 15.9 Å². The van der Waals surface area contributed by atoms with Crippen LogP contribution in [0.3, 0.4) is 0 Å². The lowest BCUT2D eigenvalue weighted by atomic mass is 10.2. The number of halogens is 2. The normalized spacial score (nSPS) is 10.9. The Balaban J connectivity index is 2.43. The molecule has 5 nitrogen and oxygen atoms in total. The molecule has 0 aromatic heterocycles. The number of nitriles is 1. The van der Waals surface area contributed by atoms with Crippen LogP contribution >= 0.6 is 11.6 Å². The molecule has 0 fully saturated rings. The van der Waals surface area contributed by atoms with Crippen molar-refractivity contribution in [1.29, 1.82) is 5.26 Å². The van der Waals surface area contributed by atoms with Gasteiger partial charge in [-0.2, -0.15) is 13.7 Å². The zero-order chi connectivity index (χ0) is 17.0. The van der Waals surface area contributed by atoms with Crippen LogP contribution in [0.1, 0.15) is 12.5 Å². The summed E-state index contributed by atoms with van der Waals surface area (Å²) in [6.45, 7) is 1.96. The van der Waals surface area contributed by atoms with Crippen molar-refractivity contribution in [3.8, 4) is 17.6 Å². The van der Waals surface area contributed by atoms with Crippen LogP contribution in [-0.4, -0.2) is 15.0 Å². The topological polar surface area (TPSA) is 76.4 Å². The Kier molecular flexibility index (Phi) is 5.08. The van der Waals surface area contributed by atoms with Gasteiger partial charge in [0.05, 0.1) is 23.3 Å². The van der Waals surface area contributed by atoms with Crippen molar-refractivity contribution in [3.63, 3.8) is 0 Å². The van der Waals surface area contributed by atoms with Crippen molar-refractivity contribution in [2.75, 3.05) is 6.61 Å². The highest BCUT2D eigenvalue weighted by Crippen LogP contribution is 2.32. The molecule has 0 atom stereocenters. The Morgan fingerprint density at radius 3 is 2.57 bits per heavy atom. The minimum atomic E-state index is -4.28. The summed E-state index contributed by atoms with van der Waals surface area (Å²) in [6.07, 6.45) is 0. The third-order valence-electron chi connectivity index (χ3n) is 2.74. The second kappa shape index (κ2) is 6.86. The van der Waals surface area contributed by atoms with Crippen LogP contribution < -0.4 is 8.92 Å². The lowest BCUT2D eigenvalue weighted by Crippen LogP contribution is -2.11. The van der Waals surface area contributed by atoms with Gasteiger partial charge in [0.2, 0.25) is 0 Å². The molecule has 120 valence electrons. The molecule has 2 aromatic carbocycles. The predicted molar refractivity (Wildman–Crippen MR) is 81.5 cm³/mol. The Labute approximate surface area is 138 Å². The number of benzene rings is 2. The summed E-state index contributed by atoms with van der Waals surface area (Å²) in [5.74, 6) is -0.651. The summed E-state index contributed by atoms with van der Waals surface area (Å²) < 4.78 is 47.9. The van der Waals surface area contributed by atoms with E-state index in [1.54, 1.807) is 6.92 Å². The van der Waals surface area contributed by atoms with Crippen LogP contribution in [0.2, 0.25) is 5.02 Å². The molecular weight excluding hydrogens is 345 g/mol. The van der Waals surface area contributed by atoms with Crippen molar-refractivity contribution in [1.82, 2.24) is 0 Å². The maximum absolute atomic E-state index is 13.0. The highest BCUT2D eigenvalue weighted by molar-refractivity contribution is 7.87. The minimum Gasteiger partial charge on any atom is -0.490 e. The van der Waals surface area contributed by atoms with E-state index in [0.29, 0.717) is 0 Å². The highest BCUT2D eigenvalue weighted by atomic mass is 35.5. The van der Waals surface area contributed by atoms with Crippen molar-refractivity contribution in [2.24, 2.45) is 0 Å². The van der Waals surface area contributed by atoms with Gasteiger partial charge in [-0.15, -0.1) is 0 Å². The van der Waals surface area contributed by atoms with Gasteiger partial charge < -0.3 is 8.92 Å². The van der Waals surface area contributed by atoms with Gasteiger partial charge in [0.25, 0.3) is 0 Å². The van der Waals surface area contributed by atoms with Crippen LogP contribution in [0.15, 0.2) is 41.3 Å². The Morgan fingerprint density at radius 1 is 1.22 bits per heavy atom. The number of hydrogen-bond donors (Lipinski definition) is 0. The molecule has 0 saturated heterocycles. The number of ether oxygens (including phenoxy) is 1. The van der Waals surface area contributed by atoms with Crippen LogP contribution in [-0.2, 0) is 10.1 Å². The van der Waals surface area contributed by atoms with E-state index in [0.717, 1.165) is 18.2 Å². The molecule has 0 aliphatic heterocycles. The summed E-state index contributed by atoms with van der Waals surface area (Å²) >= 11 is 5.76. The lowest BCUT2D eigenvalue weighted by Gasteiger charge is -2.12. The molecule has 0 saturated carbocycles. The van der Waals surface area contributed by atoms with E-state index in [1.807, 2.05) is 6.07 Å². The predicted octanol–water partition coefficient (Wildman–Crippen LogP) is 3.52. The summed E-state index contributed by atoms with van der Waals surface area (Å²) in [5, 5.41) is 8.58. The standard InChI is InChI=1S/C15H11ClFNO4S/c1-2-21-14-7-10(9-18)3-5-13(14)22-23(19,20)15-6-4-11(17)8-12(15)16/h3-8H,2H2,1H3. The fraction of sp³-hybridized carbons (Fsp3) is 0.133. The molecule has 0 aliphatic carbocycles. The first-order chi connectivity index (χ1) is 10.9. The zero-order valence-corrected chi connectivity index (χ0v) is 13.5. The van der Waals surface area contributed by atoms with Crippen molar-refractivity contribution in [3.05, 3.63) is 52.8 Å². The molecule has 2 rings (SSSR count). The van der Waals surface area contributed by atoms with Crippen LogP contribution in [0.5, 0.6) is 11.5 Å². The minimum absolute atomic E-state index is 0.0914. The van der Waals surface area contributed by atoms with Gasteiger partial charge in [-0.25, -0.2) is 4.39 Å². The van der Waals surface area contributed by atoms with Crippen LogP contribution in [0.4, 0.5) is 4.39 Å². The van der Waals surface area contributed by atoms with Gasteiger partial charge >= 0.3 is 10.1 Å². The summed E-state index contributed by atoms with van der Waals surface area (Å²) in [4.78, 5) is -0.368. The quantitative estimate of drug-likeness (QED) is 0.767. The second-order valence-corrected chi connectivity index (χ2v) is 6.24. The maximum Gasteiger partial charge on any atom is 0.340 e. The van der Waals surface area contributed by atoms with Gasteiger partial charge in [-0.1, -0.05) is 11.6 Å². The zero-order valence-electron chi connectivity index (χ0n) is 11.9. The van der Waals surface area contributed by atoms with Gasteiger partial charge in [-0.3, -0.25) is 0 Å². The van der Waals surface area contributed by atoms with Gasteiger partial charge in [0, 0.05) is 6.07 Å². The monoisotopic (exact) mass is 355 g/mol. The highest BCUT2D eigenvalue weighted by Gasteiger charge is 2.23. The Morgan fingerprint density at radius 2 is 1.96 bits per heavy atom. The molecule has 0 N–H and O–H groups in total. The SMILES string of the molecule is CCOc1cc(C#N)ccc1OS(=O)(=O)c1ccc(F)cc1Cl. The Bertz CT molecular complexity index is 878. The molecule has 0 amide bonds. The lowest BCUT2D eigenvalue weighted by molar-refractivity contribution is 0.327. The van der Waals surface area contributed by atoms with Gasteiger partial charge in [0.15, 0.2) is 11.5 Å². The largest absolute Gasteiger partial charge is 0.490 e. The molecule has 0 radical (unpaired) electrons. The molecule has 0 spiro atoms. The second-order valence-electron chi connectivity index (χ2n) is 4.32. The van der Waals surface area contributed by atoms with E-state index in [4.69, 9.17) is 25.8 Å². The number of rotatable bonds is 5. The molecule has 8 heteroatoms. The molecule has 0 bridgehead atoms. The molecular formula is C15H11ClFNO4S. The summed E-state index contributed by atoms with van der Waals surface area (Å²) in [6, 6.07) is 8.82. The van der Waals surface area contributed by atoms with E-state index in [2.05, 4.69) is 0 Å². The van der Waals surface area contributed by atoms with E-state index in [-0.39, 0.29) is 33.6 Å². The molecule has 0 aliphatic rings. The average Bonchev–Trinajstić information content (AvgIpc) is 2.48. The third kappa shape index (κ3) is 3.92. The number of nitrogens with zero attached hydrogens (tertiary/aromatic N) is 1. The van der Waals surface area contributed by atoms with Crippen LogP contribution in [0.25, 0.3) is 0 Å². The van der Waals surface area contributed by atoms with Crippen LogP contribution in [0, 0.1) is 17.1 Å². The smallest absolute Gasteiger partial charge is 0.340 e. The van der Waals surface area contributed by atoms with Crippen molar-refractivity contribution >= 4 is 21.7 Å². The van der Waals surface area contributed by atoms with E-state index >= 15 is 0 Å². The van der Waals surface area contributed by atoms with Gasteiger partial charge in [-0.05, 0) is 37.3 Å². The fourth-order valence-electron chi connectivity index (χ4n) is 1.76. The van der Waals surface area contributed by atoms with Crippen molar-refractivity contribution in [2.45, 2.75) is 11.8 Å². The maximum atomic E-state index is 13.0. The first-order valence-corrected chi connectivity index (χ1v) is 8.22. The number of hydrogen-bond acceptors (Lipinski definition) is 5. The molecule has 0 unspecified atom stereocenters. The van der Waals surface area contributed by atoms with E-state index in [9.17, 15) is 12.8 Å². The summed E-state index contributed by atoms with van der Waals surface area (Å²) in [7, 11) is -4.28. The first kappa shape index (κ1) is 17.1. The third-order valence-corrected chi connectivity index (χ3v) is 4.45. The molecule has 23 heavy (non-hydrogen) atoms. The first-order valence-electron chi connectivity index (χ1n) is 6.44. The summed E-state index contributed by atoms with van der Waals surface area (Å²) in [5.41, 5.74) is 0.290. The molecule has 0 heterocycles. The van der Waals surface area contributed by atoms with E-state index in [1.165, 1.54) is 18.2 Å². The van der Waals surface area contributed by atoms with Crippen molar-refractivity contribution < 1.29 is 21.7 Å².